The third-order valence-electron chi connectivity index (χ3n) is 3.14. The second-order valence-corrected chi connectivity index (χ2v) is 4.57. The molecule has 110 valence electrons. The second-order valence-electron chi connectivity index (χ2n) is 4.57. The fourth-order valence-electron chi connectivity index (χ4n) is 2.06. The van der Waals surface area contributed by atoms with E-state index in [0.717, 1.165) is 5.56 Å². The number of hydrogen-bond acceptors (Lipinski definition) is 5. The van der Waals surface area contributed by atoms with Crippen molar-refractivity contribution in [1.82, 2.24) is 0 Å². The molecule has 1 heterocycles. The van der Waals surface area contributed by atoms with E-state index >= 15 is 0 Å². The minimum Gasteiger partial charge on any atom is -0.467 e. The first-order valence-electron chi connectivity index (χ1n) is 6.64. The summed E-state index contributed by atoms with van der Waals surface area (Å²) >= 11 is 0. The molecule has 0 saturated carbocycles. The van der Waals surface area contributed by atoms with Gasteiger partial charge in [0.05, 0.1) is 13.2 Å². The summed E-state index contributed by atoms with van der Waals surface area (Å²) in [6.07, 6.45) is 0. The minimum atomic E-state index is -0.134. The molecule has 0 spiro atoms. The van der Waals surface area contributed by atoms with Gasteiger partial charge in [-0.3, -0.25) is 0 Å². The molecule has 0 unspecified atom stereocenters. The van der Waals surface area contributed by atoms with Crippen molar-refractivity contribution in [3.63, 3.8) is 0 Å². The number of fused-ring (bicyclic) bond motifs is 1. The first-order valence-corrected chi connectivity index (χ1v) is 6.64. The molecular weight excluding hydrogens is 272 g/mol. The fourth-order valence-corrected chi connectivity index (χ4v) is 2.06. The van der Waals surface area contributed by atoms with Crippen LogP contribution < -0.4 is 14.2 Å². The number of rotatable bonds is 6. The summed E-state index contributed by atoms with van der Waals surface area (Å²) in [5.74, 6) is 1.77. The standard InChI is InChI=1S/C16H16O5/c17-8-13-6-15-16(21-11-20-15)7-14(13)19-10-18-9-12-4-2-1-3-5-12/h1-7,17H,8-11H2. The molecule has 5 nitrogen and oxygen atoms in total. The molecule has 21 heavy (non-hydrogen) atoms. The Morgan fingerprint density at radius 2 is 1.81 bits per heavy atom. The molecule has 0 aromatic heterocycles. The van der Waals surface area contributed by atoms with Crippen LogP contribution in [0.3, 0.4) is 0 Å². The van der Waals surface area contributed by atoms with E-state index in [1.165, 1.54) is 0 Å². The summed E-state index contributed by atoms with van der Waals surface area (Å²) in [7, 11) is 0. The first-order chi connectivity index (χ1) is 10.4. The maximum atomic E-state index is 9.37. The summed E-state index contributed by atoms with van der Waals surface area (Å²) in [6, 6.07) is 13.3. The van der Waals surface area contributed by atoms with Crippen LogP contribution in [-0.4, -0.2) is 18.7 Å². The van der Waals surface area contributed by atoms with Crippen molar-refractivity contribution in [3.05, 3.63) is 53.6 Å². The predicted molar refractivity (Wildman–Crippen MR) is 75.2 cm³/mol. The average molecular weight is 288 g/mol. The van der Waals surface area contributed by atoms with Crippen molar-refractivity contribution in [2.24, 2.45) is 0 Å². The second kappa shape index (κ2) is 6.47. The van der Waals surface area contributed by atoms with Crippen LogP contribution >= 0.6 is 0 Å². The van der Waals surface area contributed by atoms with Crippen molar-refractivity contribution >= 4 is 0 Å². The summed E-state index contributed by atoms with van der Waals surface area (Å²) in [5, 5.41) is 9.37. The van der Waals surface area contributed by atoms with Gasteiger partial charge >= 0.3 is 0 Å². The van der Waals surface area contributed by atoms with E-state index in [4.69, 9.17) is 18.9 Å². The number of hydrogen-bond donors (Lipinski definition) is 1. The quantitative estimate of drug-likeness (QED) is 0.653. The van der Waals surface area contributed by atoms with E-state index in [2.05, 4.69) is 0 Å². The fraction of sp³-hybridized carbons (Fsp3) is 0.250. The van der Waals surface area contributed by atoms with Crippen LogP contribution in [0.2, 0.25) is 0 Å². The molecule has 2 aromatic rings. The molecular formula is C16H16O5. The van der Waals surface area contributed by atoms with Gasteiger partial charge in [0, 0.05) is 11.6 Å². The Kier molecular flexibility index (Phi) is 4.23. The average Bonchev–Trinajstić information content (AvgIpc) is 2.99. The van der Waals surface area contributed by atoms with Crippen molar-refractivity contribution in [2.45, 2.75) is 13.2 Å². The maximum absolute atomic E-state index is 9.37. The van der Waals surface area contributed by atoms with Crippen LogP contribution in [-0.2, 0) is 18.0 Å². The normalized spacial score (nSPS) is 12.4. The largest absolute Gasteiger partial charge is 0.467 e. The zero-order valence-corrected chi connectivity index (χ0v) is 11.5. The molecule has 0 amide bonds. The van der Waals surface area contributed by atoms with E-state index in [0.29, 0.717) is 29.4 Å². The Bertz CT molecular complexity index is 597. The third-order valence-corrected chi connectivity index (χ3v) is 3.14. The summed E-state index contributed by atoms with van der Waals surface area (Å²) in [5.41, 5.74) is 1.72. The molecule has 0 radical (unpaired) electrons. The minimum absolute atomic E-state index is 0.0987. The monoisotopic (exact) mass is 288 g/mol. The number of aliphatic hydroxyl groups excluding tert-OH is 1. The Morgan fingerprint density at radius 3 is 2.57 bits per heavy atom. The smallest absolute Gasteiger partial charge is 0.231 e. The maximum Gasteiger partial charge on any atom is 0.231 e. The highest BCUT2D eigenvalue weighted by molar-refractivity contribution is 5.51. The SMILES string of the molecule is OCc1cc2c(cc1OCOCc1ccccc1)OCO2. The summed E-state index contributed by atoms with van der Waals surface area (Å²) < 4.78 is 21.6. The van der Waals surface area contributed by atoms with Gasteiger partial charge in [-0.05, 0) is 11.6 Å². The van der Waals surface area contributed by atoms with Crippen LogP contribution in [0.25, 0.3) is 0 Å². The Morgan fingerprint density at radius 1 is 1.05 bits per heavy atom. The predicted octanol–water partition coefficient (Wildman–Crippen LogP) is 2.46. The van der Waals surface area contributed by atoms with E-state index in [9.17, 15) is 5.11 Å². The number of aliphatic hydroxyl groups is 1. The van der Waals surface area contributed by atoms with Crippen molar-refractivity contribution < 1.29 is 24.1 Å². The topological polar surface area (TPSA) is 57.2 Å². The van der Waals surface area contributed by atoms with Crippen LogP contribution in [0, 0.1) is 0 Å². The molecule has 0 atom stereocenters. The molecule has 1 aliphatic heterocycles. The van der Waals surface area contributed by atoms with Gasteiger partial charge in [-0.2, -0.15) is 0 Å². The van der Waals surface area contributed by atoms with Gasteiger partial charge in [-0.25, -0.2) is 0 Å². The highest BCUT2D eigenvalue weighted by Gasteiger charge is 2.17. The summed E-state index contributed by atoms with van der Waals surface area (Å²) in [6.45, 7) is 0.625. The van der Waals surface area contributed by atoms with Crippen LogP contribution in [0.15, 0.2) is 42.5 Å². The third kappa shape index (κ3) is 3.26. The Labute approximate surface area is 122 Å². The van der Waals surface area contributed by atoms with Gasteiger partial charge in [-0.1, -0.05) is 30.3 Å². The Hall–Kier alpha value is -2.24. The lowest BCUT2D eigenvalue weighted by Crippen LogP contribution is -2.05. The van der Waals surface area contributed by atoms with Gasteiger partial charge < -0.3 is 24.1 Å². The molecule has 2 aromatic carbocycles. The molecule has 0 saturated heterocycles. The molecule has 0 fully saturated rings. The van der Waals surface area contributed by atoms with E-state index in [1.807, 2.05) is 30.3 Å². The lowest BCUT2D eigenvalue weighted by atomic mass is 10.2. The number of ether oxygens (including phenoxy) is 4. The van der Waals surface area contributed by atoms with Crippen LogP contribution in [0.5, 0.6) is 17.2 Å². The van der Waals surface area contributed by atoms with E-state index in [1.54, 1.807) is 12.1 Å². The molecule has 1 N–H and O–H groups in total. The van der Waals surface area contributed by atoms with E-state index in [-0.39, 0.29) is 20.2 Å². The molecule has 5 heteroatoms. The lowest BCUT2D eigenvalue weighted by molar-refractivity contribution is 0.00392. The van der Waals surface area contributed by atoms with Crippen molar-refractivity contribution in [3.8, 4) is 17.2 Å². The Balaban J connectivity index is 1.57. The molecule has 3 rings (SSSR count). The lowest BCUT2D eigenvalue weighted by Gasteiger charge is -2.11. The first kappa shape index (κ1) is 13.7. The van der Waals surface area contributed by atoms with Crippen molar-refractivity contribution in [2.75, 3.05) is 13.6 Å². The highest BCUT2D eigenvalue weighted by atomic mass is 16.7. The van der Waals surface area contributed by atoms with Gasteiger partial charge in [0.1, 0.15) is 5.75 Å². The van der Waals surface area contributed by atoms with Gasteiger partial charge in [0.15, 0.2) is 18.3 Å². The van der Waals surface area contributed by atoms with Crippen LogP contribution in [0.1, 0.15) is 11.1 Å². The van der Waals surface area contributed by atoms with Crippen molar-refractivity contribution in [1.29, 1.82) is 0 Å². The van der Waals surface area contributed by atoms with Gasteiger partial charge in [0.2, 0.25) is 6.79 Å². The van der Waals surface area contributed by atoms with Crippen LogP contribution in [0.4, 0.5) is 0 Å². The highest BCUT2D eigenvalue weighted by Crippen LogP contribution is 2.38. The number of benzene rings is 2. The summed E-state index contributed by atoms with van der Waals surface area (Å²) in [4.78, 5) is 0. The van der Waals surface area contributed by atoms with Gasteiger partial charge in [0.25, 0.3) is 0 Å². The molecule has 1 aliphatic rings. The van der Waals surface area contributed by atoms with Gasteiger partial charge in [-0.15, -0.1) is 0 Å². The van der Waals surface area contributed by atoms with E-state index < -0.39 is 0 Å². The zero-order valence-electron chi connectivity index (χ0n) is 11.5. The molecule has 0 bridgehead atoms. The molecule has 0 aliphatic carbocycles. The zero-order chi connectivity index (χ0) is 14.5.